The molecule has 0 aliphatic rings. The Hall–Kier alpha value is -5.01. The summed E-state index contributed by atoms with van der Waals surface area (Å²) in [7, 11) is -6.01. The number of aromatic nitrogens is 1. The minimum Gasteiger partial charge on any atom is -0.468 e. The Morgan fingerprint density at radius 3 is 1.30 bits per heavy atom. The number of fused-ring (bicyclic) bond motifs is 2. The summed E-state index contributed by atoms with van der Waals surface area (Å²) in [5, 5.41) is 1.35. The van der Waals surface area contributed by atoms with Crippen LogP contribution in [0.1, 0.15) is 11.1 Å². The lowest BCUT2D eigenvalue weighted by Gasteiger charge is -2.24. The van der Waals surface area contributed by atoms with Crippen molar-refractivity contribution in [3.05, 3.63) is 102 Å². The Morgan fingerprint density at radius 1 is 0.587 bits per heavy atom. The van der Waals surface area contributed by atoms with Crippen molar-refractivity contribution < 1.29 is 35.9 Å². The summed E-state index contributed by atoms with van der Waals surface area (Å²) in [4.78, 5) is 29.4. The van der Waals surface area contributed by atoms with E-state index in [1.54, 1.807) is 48.5 Å². The van der Waals surface area contributed by atoms with Crippen LogP contribution in [-0.2, 0) is 39.1 Å². The zero-order valence-corrected chi connectivity index (χ0v) is 27.1. The van der Waals surface area contributed by atoms with E-state index in [1.165, 1.54) is 50.6 Å². The molecule has 0 unspecified atom stereocenters. The van der Waals surface area contributed by atoms with Crippen molar-refractivity contribution in [2.75, 3.05) is 35.9 Å². The largest absolute Gasteiger partial charge is 0.468 e. The van der Waals surface area contributed by atoms with Gasteiger partial charge in [-0.3, -0.25) is 18.2 Å². The third-order valence-electron chi connectivity index (χ3n) is 7.37. The number of anilines is 2. The molecular weight excluding hydrogens is 631 g/mol. The number of benzene rings is 4. The first-order chi connectivity index (χ1) is 21.8. The van der Waals surface area contributed by atoms with E-state index in [2.05, 4.69) is 0 Å². The van der Waals surface area contributed by atoms with Gasteiger partial charge in [0.15, 0.2) is 0 Å². The van der Waals surface area contributed by atoms with Crippen molar-refractivity contribution >= 4 is 65.2 Å². The molecule has 0 saturated heterocycles. The molecule has 0 atom stereocenters. The van der Waals surface area contributed by atoms with Crippen LogP contribution in [0, 0.1) is 13.8 Å². The van der Waals surface area contributed by atoms with Crippen molar-refractivity contribution in [2.24, 2.45) is 0 Å². The quantitative estimate of drug-likeness (QED) is 0.153. The Balaban J connectivity index is 1.62. The molecule has 11 nitrogen and oxygen atoms in total. The van der Waals surface area contributed by atoms with Gasteiger partial charge in [-0.2, -0.15) is 0 Å². The summed E-state index contributed by atoms with van der Waals surface area (Å²) in [5.41, 5.74) is 2.87. The van der Waals surface area contributed by atoms with Gasteiger partial charge in [-0.25, -0.2) is 21.8 Å². The molecule has 46 heavy (non-hydrogen) atoms. The Morgan fingerprint density at radius 2 is 0.957 bits per heavy atom. The highest BCUT2D eigenvalue weighted by atomic mass is 32.2. The van der Waals surface area contributed by atoms with Crippen molar-refractivity contribution in [1.82, 2.24) is 4.98 Å². The van der Waals surface area contributed by atoms with Crippen molar-refractivity contribution in [3.8, 4) is 0 Å². The number of rotatable bonds is 10. The molecule has 0 aliphatic carbocycles. The fourth-order valence-corrected chi connectivity index (χ4v) is 7.58. The number of sulfonamides is 2. The molecule has 5 rings (SSSR count). The first-order valence-corrected chi connectivity index (χ1v) is 16.9. The van der Waals surface area contributed by atoms with Gasteiger partial charge in [0, 0.05) is 10.8 Å². The maximum absolute atomic E-state index is 13.7. The number of ether oxygens (including phenoxy) is 2. The Labute approximate surface area is 267 Å². The highest BCUT2D eigenvalue weighted by Gasteiger charge is 2.29. The van der Waals surface area contributed by atoms with Crippen LogP contribution in [0.2, 0.25) is 0 Å². The van der Waals surface area contributed by atoms with Gasteiger partial charge in [-0.05, 0) is 68.4 Å². The summed E-state index contributed by atoms with van der Waals surface area (Å²) in [6, 6.07) is 23.9. The molecule has 0 N–H and O–H groups in total. The van der Waals surface area contributed by atoms with Gasteiger partial charge in [0.1, 0.15) is 13.1 Å². The molecule has 238 valence electrons. The summed E-state index contributed by atoms with van der Waals surface area (Å²) < 4.78 is 66.3. The molecule has 0 bridgehead atoms. The number of hydrogen-bond donors (Lipinski definition) is 0. The second-order valence-corrected chi connectivity index (χ2v) is 14.3. The monoisotopic (exact) mass is 661 g/mol. The summed E-state index contributed by atoms with van der Waals surface area (Å²) in [6.07, 6.45) is 0. The summed E-state index contributed by atoms with van der Waals surface area (Å²) in [6.45, 7) is 2.52. The molecule has 1 heterocycles. The minimum atomic E-state index is -4.18. The van der Waals surface area contributed by atoms with Gasteiger partial charge in [0.25, 0.3) is 20.0 Å². The van der Waals surface area contributed by atoms with Gasteiger partial charge in [-0.15, -0.1) is 0 Å². The lowest BCUT2D eigenvalue weighted by atomic mass is 10.1. The van der Waals surface area contributed by atoms with Gasteiger partial charge in [0.2, 0.25) is 0 Å². The van der Waals surface area contributed by atoms with E-state index in [4.69, 9.17) is 14.5 Å². The molecule has 13 heteroatoms. The molecule has 5 aromatic rings. The van der Waals surface area contributed by atoms with E-state index in [0.717, 1.165) is 19.7 Å². The zero-order chi connectivity index (χ0) is 33.2. The molecule has 4 aromatic carbocycles. The molecule has 0 saturated carbocycles. The number of hydrogen-bond acceptors (Lipinski definition) is 9. The molecule has 0 amide bonds. The topological polar surface area (TPSA) is 140 Å². The average Bonchev–Trinajstić information content (AvgIpc) is 3.04. The van der Waals surface area contributed by atoms with Crippen LogP contribution >= 0.6 is 0 Å². The van der Waals surface area contributed by atoms with E-state index in [9.17, 15) is 26.4 Å². The predicted molar refractivity (Wildman–Crippen MR) is 175 cm³/mol. The van der Waals surface area contributed by atoms with E-state index >= 15 is 0 Å². The highest BCUT2D eigenvalue weighted by Crippen LogP contribution is 2.31. The first-order valence-electron chi connectivity index (χ1n) is 14.0. The fraction of sp³-hybridized carbons (Fsp3) is 0.182. The Kier molecular flexibility index (Phi) is 8.99. The maximum atomic E-state index is 13.7. The lowest BCUT2D eigenvalue weighted by Crippen LogP contribution is -2.36. The average molecular weight is 662 g/mol. The predicted octanol–water partition coefficient (Wildman–Crippen LogP) is 4.74. The number of pyridine rings is 1. The third kappa shape index (κ3) is 6.51. The fourth-order valence-electron chi connectivity index (χ4n) is 4.78. The number of esters is 2. The number of aryl methyl sites for hydroxylation is 2. The molecule has 0 aliphatic heterocycles. The molecule has 1 aromatic heterocycles. The van der Waals surface area contributed by atoms with Crippen LogP contribution < -0.4 is 8.61 Å². The van der Waals surface area contributed by atoms with Gasteiger partial charge in [0.05, 0.1) is 46.4 Å². The Bertz CT molecular complexity index is 2020. The number of carbonyl (C=O) groups excluding carboxylic acids is 2. The third-order valence-corrected chi connectivity index (χ3v) is 11.0. The number of carbonyl (C=O) groups is 2. The smallest absolute Gasteiger partial charge is 0.326 e. The molecular formula is C33H31N3O8S2. The summed E-state index contributed by atoms with van der Waals surface area (Å²) >= 11 is 0. The second-order valence-electron chi connectivity index (χ2n) is 10.5. The van der Waals surface area contributed by atoms with Gasteiger partial charge in [-0.1, -0.05) is 47.5 Å². The van der Waals surface area contributed by atoms with E-state index < -0.39 is 45.1 Å². The lowest BCUT2D eigenvalue weighted by molar-refractivity contribution is -0.139. The maximum Gasteiger partial charge on any atom is 0.326 e. The van der Waals surface area contributed by atoms with Gasteiger partial charge >= 0.3 is 11.9 Å². The second kappa shape index (κ2) is 12.8. The van der Waals surface area contributed by atoms with Crippen LogP contribution in [0.5, 0.6) is 0 Å². The normalized spacial score (nSPS) is 11.7. The number of nitrogens with zero attached hydrogens (tertiary/aromatic N) is 3. The van der Waals surface area contributed by atoms with Crippen molar-refractivity contribution in [2.45, 2.75) is 23.6 Å². The van der Waals surface area contributed by atoms with Crippen LogP contribution in [0.3, 0.4) is 0 Å². The first kappa shape index (κ1) is 32.4. The zero-order valence-electron chi connectivity index (χ0n) is 25.5. The minimum absolute atomic E-state index is 0.00121. The van der Waals surface area contributed by atoms with Crippen molar-refractivity contribution in [3.63, 3.8) is 0 Å². The van der Waals surface area contributed by atoms with E-state index in [0.29, 0.717) is 21.8 Å². The molecule has 0 fully saturated rings. The SMILES string of the molecule is COC(=O)CN(c1ccc2cc3ccc(N(CC(=O)OC)S(=O)(=O)c4ccc(C)cc4)cc3nc2c1)S(=O)(=O)c1ccc(C)cc1. The van der Waals surface area contributed by atoms with Crippen LogP contribution in [0.4, 0.5) is 11.4 Å². The number of methoxy groups -OCH3 is 2. The van der Waals surface area contributed by atoms with Gasteiger partial charge < -0.3 is 9.47 Å². The van der Waals surface area contributed by atoms with Crippen LogP contribution in [0.15, 0.2) is 101 Å². The molecule has 0 spiro atoms. The standard InChI is InChI=1S/C33H31N3O8S2/c1-22-5-13-28(14-6-22)45(39,40)35(20-32(37)43-3)26-11-9-24-17-25-10-12-27(19-31(25)34-30(24)18-26)36(21-33(38)44-4)46(41,42)29-15-7-23(2)8-16-29/h5-19H,20-21H2,1-4H3. The van der Waals surface area contributed by atoms with E-state index in [1.807, 2.05) is 19.9 Å². The summed E-state index contributed by atoms with van der Waals surface area (Å²) in [5.74, 6) is -1.51. The van der Waals surface area contributed by atoms with E-state index in [-0.39, 0.29) is 21.2 Å². The molecule has 0 radical (unpaired) electrons. The van der Waals surface area contributed by atoms with Crippen LogP contribution in [0.25, 0.3) is 21.8 Å². The van der Waals surface area contributed by atoms with Crippen LogP contribution in [-0.4, -0.2) is 61.1 Å². The highest BCUT2D eigenvalue weighted by molar-refractivity contribution is 7.93. The van der Waals surface area contributed by atoms with Crippen molar-refractivity contribution in [1.29, 1.82) is 0 Å².